The molecular weight excluding hydrogens is 546 g/mol. The Labute approximate surface area is 235 Å². The Hall–Kier alpha value is -3.99. The molecule has 0 unspecified atom stereocenters. The smallest absolute Gasteiger partial charge is 0.272 e. The lowest BCUT2D eigenvalue weighted by Gasteiger charge is -2.18. The average Bonchev–Trinajstić information content (AvgIpc) is 2.88. The van der Waals surface area contributed by atoms with Crippen LogP contribution in [0.1, 0.15) is 47.1 Å². The van der Waals surface area contributed by atoms with Crippen molar-refractivity contribution in [2.75, 3.05) is 17.2 Å². The zero-order valence-corrected chi connectivity index (χ0v) is 23.1. The van der Waals surface area contributed by atoms with Gasteiger partial charge in [0.15, 0.2) is 0 Å². The van der Waals surface area contributed by atoms with E-state index in [1.54, 1.807) is 45.0 Å². The van der Waals surface area contributed by atoms with Gasteiger partial charge < -0.3 is 20.7 Å². The van der Waals surface area contributed by atoms with E-state index in [2.05, 4.69) is 16.0 Å². The van der Waals surface area contributed by atoms with Gasteiger partial charge in [-0.25, -0.2) is 13.2 Å². The number of anilines is 2. The highest BCUT2D eigenvalue weighted by Crippen LogP contribution is 2.28. The monoisotopic (exact) mass is 573 g/mol. The van der Waals surface area contributed by atoms with Crippen LogP contribution in [0, 0.1) is 11.2 Å². The van der Waals surface area contributed by atoms with Crippen LogP contribution in [0.4, 0.5) is 24.5 Å². The van der Waals surface area contributed by atoms with Crippen molar-refractivity contribution in [2.24, 2.45) is 5.41 Å². The largest absolute Gasteiger partial charge is 0.487 e. The standard InChI is InChI=1S/C28H28BClF3N3O4/c1-28(2,3)27(39)34-13-15-4-10-20(31)23(24(15)30)26(38)36-18-9-11-21(40-14-22(32)33)19(12-18)25(37)35-17-7-5-16(29)6-8-17/h4-12,22H,13-14,29H2,1-3H3,(H,34,39)(H,35,37)(H,36,38). The highest BCUT2D eigenvalue weighted by Gasteiger charge is 2.24. The Morgan fingerprint density at radius 2 is 1.57 bits per heavy atom. The zero-order chi connectivity index (χ0) is 29.6. The number of carbonyl (C=O) groups is 3. The minimum atomic E-state index is -2.78. The first-order valence-corrected chi connectivity index (χ1v) is 12.6. The van der Waals surface area contributed by atoms with Crippen LogP contribution in [0.25, 0.3) is 0 Å². The number of ether oxygens (including phenoxy) is 1. The third-order valence-corrected chi connectivity index (χ3v) is 6.11. The van der Waals surface area contributed by atoms with Crippen molar-refractivity contribution in [1.82, 2.24) is 5.32 Å². The summed E-state index contributed by atoms with van der Waals surface area (Å²) in [7, 11) is 1.88. The van der Waals surface area contributed by atoms with Gasteiger partial charge in [0.05, 0.1) is 16.1 Å². The predicted molar refractivity (Wildman–Crippen MR) is 151 cm³/mol. The number of amides is 3. The molecule has 0 fully saturated rings. The van der Waals surface area contributed by atoms with Crippen LogP contribution in [-0.2, 0) is 11.3 Å². The third-order valence-electron chi connectivity index (χ3n) is 5.68. The maximum absolute atomic E-state index is 14.7. The van der Waals surface area contributed by atoms with Crippen molar-refractivity contribution in [1.29, 1.82) is 0 Å². The van der Waals surface area contributed by atoms with Crippen LogP contribution in [-0.4, -0.2) is 38.6 Å². The van der Waals surface area contributed by atoms with Gasteiger partial charge in [-0.05, 0) is 42.0 Å². The fraction of sp³-hybridized carbons (Fsp3) is 0.250. The van der Waals surface area contributed by atoms with Crippen molar-refractivity contribution in [3.8, 4) is 5.75 Å². The third kappa shape index (κ3) is 8.01. The number of nitrogens with one attached hydrogen (secondary N) is 3. The second-order valence-corrected chi connectivity index (χ2v) is 10.4. The first-order valence-electron chi connectivity index (χ1n) is 12.3. The van der Waals surface area contributed by atoms with Gasteiger partial charge in [-0.15, -0.1) is 0 Å². The molecule has 0 aliphatic carbocycles. The summed E-state index contributed by atoms with van der Waals surface area (Å²) in [6, 6.07) is 13.1. The van der Waals surface area contributed by atoms with Gasteiger partial charge in [0.25, 0.3) is 18.2 Å². The van der Waals surface area contributed by atoms with Gasteiger partial charge in [-0.1, -0.05) is 56.0 Å². The van der Waals surface area contributed by atoms with Gasteiger partial charge in [-0.3, -0.25) is 14.4 Å². The van der Waals surface area contributed by atoms with Gasteiger partial charge in [0.1, 0.15) is 26.0 Å². The van der Waals surface area contributed by atoms with Gasteiger partial charge >= 0.3 is 0 Å². The summed E-state index contributed by atoms with van der Waals surface area (Å²) >= 11 is 6.34. The molecule has 0 radical (unpaired) electrons. The number of hydrogen-bond donors (Lipinski definition) is 3. The second kappa shape index (κ2) is 12.9. The highest BCUT2D eigenvalue weighted by atomic mass is 35.5. The molecule has 210 valence electrons. The first-order chi connectivity index (χ1) is 18.8. The molecule has 3 aromatic carbocycles. The molecule has 0 spiro atoms. The molecule has 7 nitrogen and oxygen atoms in total. The molecule has 3 N–H and O–H groups in total. The summed E-state index contributed by atoms with van der Waals surface area (Å²) in [4.78, 5) is 38.3. The van der Waals surface area contributed by atoms with E-state index in [4.69, 9.17) is 16.3 Å². The fourth-order valence-electron chi connectivity index (χ4n) is 3.47. The van der Waals surface area contributed by atoms with Crippen LogP contribution in [0.2, 0.25) is 5.02 Å². The van der Waals surface area contributed by atoms with E-state index < -0.39 is 41.6 Å². The van der Waals surface area contributed by atoms with Crippen LogP contribution in [0.15, 0.2) is 54.6 Å². The molecule has 0 aromatic heterocycles. The molecule has 3 rings (SSSR count). The van der Waals surface area contributed by atoms with E-state index in [-0.39, 0.29) is 34.5 Å². The second-order valence-electron chi connectivity index (χ2n) is 10.0. The van der Waals surface area contributed by atoms with E-state index in [0.29, 0.717) is 11.3 Å². The first kappa shape index (κ1) is 30.6. The fourth-order valence-corrected chi connectivity index (χ4v) is 3.78. The van der Waals surface area contributed by atoms with E-state index in [1.807, 2.05) is 7.85 Å². The van der Waals surface area contributed by atoms with E-state index in [1.165, 1.54) is 24.3 Å². The molecule has 3 amide bonds. The summed E-state index contributed by atoms with van der Waals surface area (Å²) in [5.74, 6) is -2.89. The molecular formula is C28H28BClF3N3O4. The minimum Gasteiger partial charge on any atom is -0.487 e. The quantitative estimate of drug-likeness (QED) is 0.327. The van der Waals surface area contributed by atoms with Crippen LogP contribution >= 0.6 is 11.6 Å². The van der Waals surface area contributed by atoms with Crippen LogP contribution < -0.4 is 26.2 Å². The van der Waals surface area contributed by atoms with Gasteiger partial charge in [-0.2, -0.15) is 0 Å². The molecule has 0 atom stereocenters. The molecule has 0 heterocycles. The Bertz CT molecular complexity index is 1410. The average molecular weight is 574 g/mol. The van der Waals surface area contributed by atoms with Crippen molar-refractivity contribution >= 4 is 54.0 Å². The summed E-state index contributed by atoms with van der Waals surface area (Å²) in [6.45, 7) is 4.21. The lowest BCUT2D eigenvalue weighted by Crippen LogP contribution is -2.34. The summed E-state index contributed by atoms with van der Waals surface area (Å²) in [5, 5.41) is 7.63. The Morgan fingerprint density at radius 3 is 2.20 bits per heavy atom. The SMILES string of the molecule is Bc1ccc(NC(=O)c2cc(NC(=O)c3c(F)ccc(CNC(=O)C(C)(C)C)c3Cl)ccc2OCC(F)F)cc1. The highest BCUT2D eigenvalue weighted by molar-refractivity contribution is 6.35. The molecule has 40 heavy (non-hydrogen) atoms. The molecule has 0 bridgehead atoms. The Balaban J connectivity index is 1.87. The number of halogens is 4. The minimum absolute atomic E-state index is 0.0327. The number of hydrogen-bond acceptors (Lipinski definition) is 4. The molecule has 12 heteroatoms. The van der Waals surface area contributed by atoms with Crippen molar-refractivity contribution in [2.45, 2.75) is 33.7 Å². The number of benzene rings is 3. The maximum atomic E-state index is 14.7. The van der Waals surface area contributed by atoms with Gasteiger partial charge in [0, 0.05) is 23.3 Å². The lowest BCUT2D eigenvalue weighted by atomic mass is 9.95. The van der Waals surface area contributed by atoms with Crippen LogP contribution in [0.3, 0.4) is 0 Å². The molecule has 0 aliphatic heterocycles. The number of rotatable bonds is 9. The predicted octanol–water partition coefficient (Wildman–Crippen LogP) is 4.55. The molecule has 0 aliphatic rings. The van der Waals surface area contributed by atoms with Crippen molar-refractivity contribution in [3.05, 3.63) is 82.1 Å². The number of carbonyl (C=O) groups excluding carboxylic acids is 3. The molecule has 0 saturated heterocycles. The Morgan fingerprint density at radius 1 is 0.950 bits per heavy atom. The molecule has 3 aromatic rings. The van der Waals surface area contributed by atoms with Gasteiger partial charge in [0.2, 0.25) is 5.91 Å². The number of alkyl halides is 2. The van der Waals surface area contributed by atoms with Crippen molar-refractivity contribution in [3.63, 3.8) is 0 Å². The van der Waals surface area contributed by atoms with Crippen LogP contribution in [0.5, 0.6) is 5.75 Å². The Kier molecular flexibility index (Phi) is 9.86. The lowest BCUT2D eigenvalue weighted by molar-refractivity contribution is -0.128. The van der Waals surface area contributed by atoms with E-state index in [9.17, 15) is 27.6 Å². The summed E-state index contributed by atoms with van der Waals surface area (Å²) < 4.78 is 45.4. The van der Waals surface area contributed by atoms with Crippen molar-refractivity contribution < 1.29 is 32.3 Å². The van der Waals surface area contributed by atoms with E-state index >= 15 is 0 Å². The topological polar surface area (TPSA) is 96.5 Å². The van der Waals surface area contributed by atoms with E-state index in [0.717, 1.165) is 11.5 Å². The summed E-state index contributed by atoms with van der Waals surface area (Å²) in [5.41, 5.74) is 0.535. The maximum Gasteiger partial charge on any atom is 0.272 e. The molecule has 0 saturated carbocycles. The summed E-state index contributed by atoms with van der Waals surface area (Å²) in [6.07, 6.45) is -2.78. The normalized spacial score (nSPS) is 11.2. The zero-order valence-electron chi connectivity index (χ0n) is 22.3.